The van der Waals surface area contributed by atoms with Crippen molar-refractivity contribution in [3.63, 3.8) is 0 Å². The van der Waals surface area contributed by atoms with Crippen molar-refractivity contribution in [3.8, 4) is 0 Å². The maximum absolute atomic E-state index is 4.79. The lowest BCUT2D eigenvalue weighted by Crippen LogP contribution is -2.37. The van der Waals surface area contributed by atoms with Crippen molar-refractivity contribution in [2.75, 3.05) is 31.1 Å². The molecule has 3 heterocycles. The summed E-state index contributed by atoms with van der Waals surface area (Å²) in [6.07, 6.45) is 12.6. The molecule has 3 rings (SSSR count). The first-order valence-electron chi connectivity index (χ1n) is 9.34. The third-order valence-electron chi connectivity index (χ3n) is 5.24. The standard InChI is InChI=1S/C19H31N3/c1-2-3-13-21-14-8-5-11-18(21)17-10-9-12-20-19(17)22-15-6-4-7-16-22/h9-10,12,18H,2-8,11,13-16H2,1H3. The lowest BCUT2D eigenvalue weighted by molar-refractivity contribution is 0.146. The van der Waals surface area contributed by atoms with Crippen molar-refractivity contribution in [1.82, 2.24) is 9.88 Å². The third-order valence-corrected chi connectivity index (χ3v) is 5.24. The lowest BCUT2D eigenvalue weighted by Gasteiger charge is -2.38. The molecule has 0 saturated carbocycles. The zero-order chi connectivity index (χ0) is 15.2. The number of piperidine rings is 2. The van der Waals surface area contributed by atoms with Crippen molar-refractivity contribution in [3.05, 3.63) is 23.9 Å². The van der Waals surface area contributed by atoms with E-state index in [0.717, 1.165) is 0 Å². The van der Waals surface area contributed by atoms with Crippen molar-refractivity contribution >= 4 is 5.82 Å². The van der Waals surface area contributed by atoms with Crippen LogP contribution in [0.3, 0.4) is 0 Å². The monoisotopic (exact) mass is 301 g/mol. The molecule has 122 valence electrons. The maximum Gasteiger partial charge on any atom is 0.133 e. The summed E-state index contributed by atoms with van der Waals surface area (Å²) < 4.78 is 0. The highest BCUT2D eigenvalue weighted by Crippen LogP contribution is 2.36. The molecular weight excluding hydrogens is 270 g/mol. The first-order valence-corrected chi connectivity index (χ1v) is 9.34. The molecule has 2 saturated heterocycles. The van der Waals surface area contributed by atoms with Crippen LogP contribution in [0.4, 0.5) is 5.82 Å². The molecule has 0 N–H and O–H groups in total. The lowest BCUT2D eigenvalue weighted by atomic mass is 9.94. The summed E-state index contributed by atoms with van der Waals surface area (Å²) >= 11 is 0. The summed E-state index contributed by atoms with van der Waals surface area (Å²) in [7, 11) is 0. The molecule has 22 heavy (non-hydrogen) atoms. The van der Waals surface area contributed by atoms with Gasteiger partial charge in [0, 0.05) is 30.9 Å². The van der Waals surface area contributed by atoms with Gasteiger partial charge in [-0.15, -0.1) is 0 Å². The van der Waals surface area contributed by atoms with E-state index in [1.165, 1.54) is 88.9 Å². The predicted molar refractivity (Wildman–Crippen MR) is 93.4 cm³/mol. The highest BCUT2D eigenvalue weighted by Gasteiger charge is 2.27. The fourth-order valence-electron chi connectivity index (χ4n) is 4.01. The number of anilines is 1. The van der Waals surface area contributed by atoms with Crippen LogP contribution in [0.25, 0.3) is 0 Å². The van der Waals surface area contributed by atoms with Gasteiger partial charge >= 0.3 is 0 Å². The number of likely N-dealkylation sites (tertiary alicyclic amines) is 1. The van der Waals surface area contributed by atoms with E-state index in [9.17, 15) is 0 Å². The summed E-state index contributed by atoms with van der Waals surface area (Å²) in [5.74, 6) is 1.27. The van der Waals surface area contributed by atoms with Crippen LogP contribution in [-0.4, -0.2) is 36.1 Å². The van der Waals surface area contributed by atoms with Gasteiger partial charge in [0.15, 0.2) is 0 Å². The minimum Gasteiger partial charge on any atom is -0.356 e. The molecule has 1 aromatic heterocycles. The summed E-state index contributed by atoms with van der Waals surface area (Å²) in [6, 6.07) is 5.06. The maximum atomic E-state index is 4.79. The molecule has 0 aromatic carbocycles. The Morgan fingerprint density at radius 3 is 2.73 bits per heavy atom. The molecule has 2 aliphatic heterocycles. The first-order chi connectivity index (χ1) is 10.9. The molecule has 0 radical (unpaired) electrons. The van der Waals surface area contributed by atoms with E-state index in [-0.39, 0.29) is 0 Å². The number of hydrogen-bond donors (Lipinski definition) is 0. The molecule has 1 unspecified atom stereocenters. The van der Waals surface area contributed by atoms with E-state index in [4.69, 9.17) is 4.98 Å². The molecule has 0 bridgehead atoms. The van der Waals surface area contributed by atoms with Crippen LogP contribution in [-0.2, 0) is 0 Å². The quantitative estimate of drug-likeness (QED) is 0.803. The molecule has 2 aliphatic rings. The topological polar surface area (TPSA) is 19.4 Å². The molecule has 3 heteroatoms. The molecule has 2 fully saturated rings. The van der Waals surface area contributed by atoms with Gasteiger partial charge in [-0.2, -0.15) is 0 Å². The second kappa shape index (κ2) is 7.96. The van der Waals surface area contributed by atoms with Crippen LogP contribution >= 0.6 is 0 Å². The number of pyridine rings is 1. The highest BCUT2D eigenvalue weighted by molar-refractivity contribution is 5.49. The zero-order valence-electron chi connectivity index (χ0n) is 14.1. The number of hydrogen-bond acceptors (Lipinski definition) is 3. The Balaban J connectivity index is 1.82. The van der Waals surface area contributed by atoms with Crippen LogP contribution in [0.5, 0.6) is 0 Å². The van der Waals surface area contributed by atoms with Gasteiger partial charge in [-0.3, -0.25) is 4.90 Å². The molecule has 1 atom stereocenters. The number of rotatable bonds is 5. The number of nitrogens with zero attached hydrogens (tertiary/aromatic N) is 3. The number of unbranched alkanes of at least 4 members (excludes halogenated alkanes) is 1. The van der Waals surface area contributed by atoms with Gasteiger partial charge in [-0.05, 0) is 57.7 Å². The summed E-state index contributed by atoms with van der Waals surface area (Å²) in [4.78, 5) is 10.0. The van der Waals surface area contributed by atoms with Crippen LogP contribution in [0.1, 0.15) is 69.9 Å². The smallest absolute Gasteiger partial charge is 0.133 e. The molecule has 1 aromatic rings. The van der Waals surface area contributed by atoms with Gasteiger partial charge in [0.25, 0.3) is 0 Å². The Kier molecular flexibility index (Phi) is 5.71. The van der Waals surface area contributed by atoms with Gasteiger partial charge in [-0.25, -0.2) is 4.98 Å². The van der Waals surface area contributed by atoms with Gasteiger partial charge < -0.3 is 4.90 Å². The van der Waals surface area contributed by atoms with E-state index < -0.39 is 0 Å². The molecule has 3 nitrogen and oxygen atoms in total. The highest BCUT2D eigenvalue weighted by atomic mass is 15.2. The molecule has 0 aliphatic carbocycles. The van der Waals surface area contributed by atoms with Gasteiger partial charge in [0.05, 0.1) is 0 Å². The third kappa shape index (κ3) is 3.62. The molecule has 0 spiro atoms. The van der Waals surface area contributed by atoms with Crippen molar-refractivity contribution in [2.45, 2.75) is 64.3 Å². The summed E-state index contributed by atoms with van der Waals surface area (Å²) in [5, 5.41) is 0. The second-order valence-electron chi connectivity index (χ2n) is 6.87. The second-order valence-corrected chi connectivity index (χ2v) is 6.87. The van der Waals surface area contributed by atoms with Crippen LogP contribution in [0.15, 0.2) is 18.3 Å². The Bertz CT molecular complexity index is 454. The minimum absolute atomic E-state index is 0.589. The van der Waals surface area contributed by atoms with E-state index in [0.29, 0.717) is 6.04 Å². The summed E-state index contributed by atoms with van der Waals surface area (Å²) in [6.45, 7) is 7.17. The first kappa shape index (κ1) is 15.8. The fraction of sp³-hybridized carbons (Fsp3) is 0.737. The van der Waals surface area contributed by atoms with Crippen LogP contribution in [0, 0.1) is 0 Å². The minimum atomic E-state index is 0.589. The Morgan fingerprint density at radius 1 is 1.09 bits per heavy atom. The largest absolute Gasteiger partial charge is 0.356 e. The van der Waals surface area contributed by atoms with Crippen LogP contribution in [0.2, 0.25) is 0 Å². The van der Waals surface area contributed by atoms with E-state index in [2.05, 4.69) is 28.9 Å². The average Bonchev–Trinajstić information content (AvgIpc) is 2.61. The summed E-state index contributed by atoms with van der Waals surface area (Å²) in [5.41, 5.74) is 1.49. The zero-order valence-corrected chi connectivity index (χ0v) is 14.1. The van der Waals surface area contributed by atoms with Gasteiger partial charge in [-0.1, -0.05) is 25.8 Å². The normalized spacial score (nSPS) is 23.7. The van der Waals surface area contributed by atoms with E-state index in [1.54, 1.807) is 0 Å². The van der Waals surface area contributed by atoms with Crippen molar-refractivity contribution < 1.29 is 0 Å². The van der Waals surface area contributed by atoms with E-state index in [1.807, 2.05) is 6.20 Å². The average molecular weight is 301 g/mol. The predicted octanol–water partition coefficient (Wildman–Crippen LogP) is 4.40. The van der Waals surface area contributed by atoms with E-state index >= 15 is 0 Å². The SMILES string of the molecule is CCCCN1CCCCC1c1cccnc1N1CCCCC1. The van der Waals surface area contributed by atoms with Crippen LogP contribution < -0.4 is 4.90 Å². The van der Waals surface area contributed by atoms with Crippen molar-refractivity contribution in [2.24, 2.45) is 0 Å². The Morgan fingerprint density at radius 2 is 1.91 bits per heavy atom. The number of aromatic nitrogens is 1. The Labute approximate surface area is 135 Å². The fourth-order valence-corrected chi connectivity index (χ4v) is 4.01. The molecular formula is C19H31N3. The van der Waals surface area contributed by atoms with Gasteiger partial charge in [0.2, 0.25) is 0 Å². The Hall–Kier alpha value is -1.09. The van der Waals surface area contributed by atoms with Gasteiger partial charge in [0.1, 0.15) is 5.82 Å². The molecule has 0 amide bonds. The van der Waals surface area contributed by atoms with Crippen molar-refractivity contribution in [1.29, 1.82) is 0 Å².